The molecule has 6 nitrogen and oxygen atoms in total. The Hall–Kier alpha value is -0.930. The Morgan fingerprint density at radius 3 is 2.61 bits per heavy atom. The number of carbonyl (C=O) groups is 2. The molecule has 2 rings (SSSR count). The van der Waals surface area contributed by atoms with E-state index < -0.39 is 0 Å². The molecule has 1 fully saturated rings. The monoisotopic (exact) mass is 487 g/mol. The Morgan fingerprint density at radius 2 is 1.97 bits per heavy atom. The molecule has 1 amide bonds. The molecule has 2 unspecified atom stereocenters. The minimum atomic E-state index is -0.194. The maximum Gasteiger partial charge on any atom is 0.310 e. The zero-order valence-electron chi connectivity index (χ0n) is 18.1. The van der Waals surface area contributed by atoms with Crippen LogP contribution in [0.3, 0.4) is 0 Å². The minimum absolute atomic E-state index is 0.0189. The molecule has 1 aliphatic rings. The molecule has 0 saturated carbocycles. The number of piperidine rings is 1. The minimum Gasteiger partial charge on any atom is -0.469 e. The first kappa shape index (κ1) is 26.3. The van der Waals surface area contributed by atoms with Gasteiger partial charge in [0.1, 0.15) is 0 Å². The van der Waals surface area contributed by atoms with Crippen LogP contribution in [-0.2, 0) is 14.3 Å². The van der Waals surface area contributed by atoms with E-state index in [1.165, 1.54) is 7.11 Å². The Kier molecular flexibility index (Phi) is 12.1. The second-order valence-corrected chi connectivity index (χ2v) is 9.13. The first-order valence-electron chi connectivity index (χ1n) is 10.7. The summed E-state index contributed by atoms with van der Waals surface area (Å²) in [4.78, 5) is 29.0. The number of nitrogens with zero attached hydrogens (tertiary/aromatic N) is 2. The summed E-state index contributed by atoms with van der Waals surface area (Å²) in [5, 5.41) is 3.55. The van der Waals surface area contributed by atoms with E-state index in [0.717, 1.165) is 44.6 Å². The lowest BCUT2D eigenvalue weighted by molar-refractivity contribution is -0.148. The van der Waals surface area contributed by atoms with Gasteiger partial charge in [0.2, 0.25) is 5.91 Å². The van der Waals surface area contributed by atoms with Gasteiger partial charge < -0.3 is 15.0 Å². The quantitative estimate of drug-likeness (QED) is 0.312. The molecule has 0 spiro atoms. The standard InChI is InChI=1S/C22H34ClN3O3S2/c1-29-22(28)20-15-25(11-7-19(20)17-3-5-18(23)6-4-17)9-2-10-26(12-14-31)16-21(27)24-8-13-30/h3-6,19-20,30-31H,2,7-16H2,1H3,(H,24,27). The van der Waals surface area contributed by atoms with Crippen molar-refractivity contribution in [2.75, 3.05) is 64.4 Å². The van der Waals surface area contributed by atoms with Crippen molar-refractivity contribution in [1.82, 2.24) is 15.1 Å². The van der Waals surface area contributed by atoms with Gasteiger partial charge in [-0.15, -0.1) is 0 Å². The highest BCUT2D eigenvalue weighted by atomic mass is 35.5. The van der Waals surface area contributed by atoms with Gasteiger partial charge >= 0.3 is 5.97 Å². The van der Waals surface area contributed by atoms with Gasteiger partial charge in [-0.2, -0.15) is 25.3 Å². The lowest BCUT2D eigenvalue weighted by Gasteiger charge is -2.37. The van der Waals surface area contributed by atoms with E-state index in [0.29, 0.717) is 36.2 Å². The number of hydrogen-bond donors (Lipinski definition) is 3. The number of ether oxygens (including phenoxy) is 1. The number of amides is 1. The van der Waals surface area contributed by atoms with Crippen molar-refractivity contribution >= 4 is 48.7 Å². The van der Waals surface area contributed by atoms with Crippen molar-refractivity contribution in [1.29, 1.82) is 0 Å². The van der Waals surface area contributed by atoms with Gasteiger partial charge in [-0.3, -0.25) is 14.5 Å². The third-order valence-corrected chi connectivity index (χ3v) is 6.34. The van der Waals surface area contributed by atoms with Gasteiger partial charge in [0.25, 0.3) is 0 Å². The maximum absolute atomic E-state index is 12.5. The number of nitrogens with one attached hydrogen (secondary N) is 1. The van der Waals surface area contributed by atoms with Crippen LogP contribution >= 0.6 is 36.9 Å². The Bertz CT molecular complexity index is 693. The first-order chi connectivity index (χ1) is 15.0. The number of rotatable bonds is 12. The van der Waals surface area contributed by atoms with E-state index in [2.05, 4.69) is 40.4 Å². The Labute approximate surface area is 201 Å². The van der Waals surface area contributed by atoms with E-state index in [1.54, 1.807) is 0 Å². The smallest absolute Gasteiger partial charge is 0.310 e. The predicted octanol–water partition coefficient (Wildman–Crippen LogP) is 2.59. The van der Waals surface area contributed by atoms with Crippen LogP contribution in [-0.4, -0.2) is 86.1 Å². The molecule has 1 heterocycles. The molecule has 9 heteroatoms. The molecule has 174 valence electrons. The van der Waals surface area contributed by atoms with Crippen LogP contribution in [0.4, 0.5) is 0 Å². The highest BCUT2D eigenvalue weighted by molar-refractivity contribution is 7.80. The van der Waals surface area contributed by atoms with E-state index >= 15 is 0 Å². The summed E-state index contributed by atoms with van der Waals surface area (Å²) in [5.41, 5.74) is 1.13. The number of halogens is 1. The van der Waals surface area contributed by atoms with Gasteiger partial charge in [0.05, 0.1) is 19.6 Å². The summed E-state index contributed by atoms with van der Waals surface area (Å²) in [6.07, 6.45) is 1.82. The average Bonchev–Trinajstić information content (AvgIpc) is 2.77. The normalized spacial score (nSPS) is 19.4. The molecule has 2 atom stereocenters. The number of hydrogen-bond acceptors (Lipinski definition) is 7. The van der Waals surface area contributed by atoms with Crippen molar-refractivity contribution in [3.05, 3.63) is 34.9 Å². The fourth-order valence-corrected chi connectivity index (χ4v) is 4.63. The third-order valence-electron chi connectivity index (χ3n) is 5.67. The van der Waals surface area contributed by atoms with Crippen molar-refractivity contribution in [2.45, 2.75) is 18.8 Å². The van der Waals surface area contributed by atoms with Crippen LogP contribution in [0.5, 0.6) is 0 Å². The molecule has 31 heavy (non-hydrogen) atoms. The van der Waals surface area contributed by atoms with Gasteiger partial charge in [0, 0.05) is 36.2 Å². The van der Waals surface area contributed by atoms with E-state index in [1.807, 2.05) is 24.3 Å². The van der Waals surface area contributed by atoms with Gasteiger partial charge in [-0.1, -0.05) is 23.7 Å². The summed E-state index contributed by atoms with van der Waals surface area (Å²) in [6.45, 7) is 5.01. The maximum atomic E-state index is 12.5. The number of carbonyl (C=O) groups excluding carboxylic acids is 2. The van der Waals surface area contributed by atoms with E-state index in [-0.39, 0.29) is 23.7 Å². The van der Waals surface area contributed by atoms with Crippen LogP contribution < -0.4 is 5.32 Å². The zero-order chi connectivity index (χ0) is 22.6. The second-order valence-electron chi connectivity index (χ2n) is 7.80. The number of thiol groups is 2. The molecule has 0 bridgehead atoms. The molecule has 0 aliphatic carbocycles. The van der Waals surface area contributed by atoms with Crippen molar-refractivity contribution in [3.63, 3.8) is 0 Å². The average molecular weight is 488 g/mol. The SMILES string of the molecule is COC(=O)C1CN(CCCN(CCS)CC(=O)NCCS)CCC1c1ccc(Cl)cc1. The number of likely N-dealkylation sites (tertiary alicyclic amines) is 1. The summed E-state index contributed by atoms with van der Waals surface area (Å²) < 4.78 is 5.11. The Balaban J connectivity index is 1.88. The molecule has 0 radical (unpaired) electrons. The van der Waals surface area contributed by atoms with Gasteiger partial charge in [0.15, 0.2) is 0 Å². The summed E-state index contributed by atoms with van der Waals surface area (Å²) in [7, 11) is 1.45. The molecule has 1 saturated heterocycles. The molecular formula is C22H34ClN3O3S2. The van der Waals surface area contributed by atoms with Crippen molar-refractivity contribution in [2.24, 2.45) is 5.92 Å². The van der Waals surface area contributed by atoms with Crippen LogP contribution in [0.1, 0.15) is 24.3 Å². The second kappa shape index (κ2) is 14.3. The van der Waals surface area contributed by atoms with E-state index in [9.17, 15) is 9.59 Å². The third kappa shape index (κ3) is 8.85. The molecule has 1 N–H and O–H groups in total. The summed E-state index contributed by atoms with van der Waals surface area (Å²) >= 11 is 14.5. The molecule has 1 aromatic rings. The molecule has 0 aromatic heterocycles. The predicted molar refractivity (Wildman–Crippen MR) is 133 cm³/mol. The zero-order valence-corrected chi connectivity index (χ0v) is 20.7. The fraction of sp³-hybridized carbons (Fsp3) is 0.636. The van der Waals surface area contributed by atoms with E-state index in [4.69, 9.17) is 16.3 Å². The first-order valence-corrected chi connectivity index (χ1v) is 12.4. The highest BCUT2D eigenvalue weighted by Crippen LogP contribution is 2.34. The number of methoxy groups -OCH3 is 1. The van der Waals surface area contributed by atoms with Crippen LogP contribution in [0, 0.1) is 5.92 Å². The topological polar surface area (TPSA) is 61.9 Å². The lowest BCUT2D eigenvalue weighted by Crippen LogP contribution is -2.44. The summed E-state index contributed by atoms with van der Waals surface area (Å²) in [5.74, 6) is 1.13. The summed E-state index contributed by atoms with van der Waals surface area (Å²) in [6, 6.07) is 7.76. The van der Waals surface area contributed by atoms with Crippen molar-refractivity contribution < 1.29 is 14.3 Å². The number of esters is 1. The number of benzene rings is 1. The van der Waals surface area contributed by atoms with Crippen LogP contribution in [0.2, 0.25) is 5.02 Å². The van der Waals surface area contributed by atoms with Crippen LogP contribution in [0.15, 0.2) is 24.3 Å². The van der Waals surface area contributed by atoms with Crippen LogP contribution in [0.25, 0.3) is 0 Å². The largest absolute Gasteiger partial charge is 0.469 e. The van der Waals surface area contributed by atoms with Gasteiger partial charge in [-0.05, 0) is 56.1 Å². The molecular weight excluding hydrogens is 454 g/mol. The lowest BCUT2D eigenvalue weighted by atomic mass is 9.80. The fourth-order valence-electron chi connectivity index (χ4n) is 4.11. The van der Waals surface area contributed by atoms with Crippen molar-refractivity contribution in [3.8, 4) is 0 Å². The van der Waals surface area contributed by atoms with Gasteiger partial charge in [-0.25, -0.2) is 0 Å². The molecule has 1 aliphatic heterocycles. The molecule has 1 aromatic carbocycles. The highest BCUT2D eigenvalue weighted by Gasteiger charge is 2.35. The Morgan fingerprint density at radius 1 is 1.23 bits per heavy atom.